The van der Waals surface area contributed by atoms with E-state index in [1.165, 1.54) is 21.7 Å². The summed E-state index contributed by atoms with van der Waals surface area (Å²) in [5, 5.41) is 2.41. The van der Waals surface area contributed by atoms with Crippen LogP contribution in [0.2, 0.25) is 0 Å². The second-order valence-corrected chi connectivity index (χ2v) is 15.5. The van der Waals surface area contributed by atoms with Gasteiger partial charge in [-0.05, 0) is 48.5 Å². The van der Waals surface area contributed by atoms with Crippen molar-refractivity contribution < 1.29 is 9.47 Å². The molecule has 40 heavy (non-hydrogen) atoms. The minimum Gasteiger partial charge on any atom is -0.451 e. The largest absolute Gasteiger partial charge is 0.451 e. The molecular weight excluding hydrogens is 532 g/mol. The zero-order valence-corrected chi connectivity index (χ0v) is 25.3. The van der Waals surface area contributed by atoms with E-state index in [1.807, 2.05) is 0 Å². The zero-order valence-electron chi connectivity index (χ0n) is 23.4. The molecule has 7 rings (SSSR count). The number of hydrogen-bond donors (Lipinski definition) is 0. The summed E-state index contributed by atoms with van der Waals surface area (Å²) in [4.78, 5) is 0. The first-order chi connectivity index (χ1) is 19.2. The minimum absolute atomic E-state index is 0.112. The van der Waals surface area contributed by atoms with Crippen LogP contribution in [-0.4, -0.2) is 18.8 Å². The molecule has 204 valence electrons. The standard InChI is InChI=1S/C33H35N3O2P2/c1-31(2)23-33(37-29-25(31)13-11-15-27(29)39-34-17-5-6-18-34)24-32(3,4)26-14-12-16-28(30(26)38-33)40(35-19-7-8-20-35)36-21-9-10-22-36/h5-22,39H,23-24H2,1-4H3. The number of benzene rings is 2. The first kappa shape index (κ1) is 25.7. The lowest BCUT2D eigenvalue weighted by Crippen LogP contribution is -2.57. The average Bonchev–Trinajstić information content (AvgIpc) is 3.69. The van der Waals surface area contributed by atoms with Crippen LogP contribution in [0, 0.1) is 0 Å². The number of para-hydroxylation sites is 2. The molecule has 2 unspecified atom stereocenters. The molecule has 0 amide bonds. The van der Waals surface area contributed by atoms with Crippen molar-refractivity contribution in [3.05, 3.63) is 121 Å². The third kappa shape index (κ3) is 4.31. The van der Waals surface area contributed by atoms with Crippen molar-refractivity contribution in [1.82, 2.24) is 13.0 Å². The lowest BCUT2D eigenvalue weighted by atomic mass is 9.69. The van der Waals surface area contributed by atoms with E-state index in [-0.39, 0.29) is 10.8 Å². The van der Waals surface area contributed by atoms with Gasteiger partial charge < -0.3 is 22.5 Å². The van der Waals surface area contributed by atoms with E-state index in [2.05, 4.69) is 151 Å². The maximum atomic E-state index is 7.25. The molecule has 5 heterocycles. The molecular formula is C33H35N3O2P2. The molecule has 0 radical (unpaired) electrons. The van der Waals surface area contributed by atoms with Crippen LogP contribution in [0.5, 0.6) is 11.5 Å². The fourth-order valence-corrected chi connectivity index (χ4v) is 9.72. The molecule has 2 atom stereocenters. The van der Waals surface area contributed by atoms with Crippen LogP contribution in [0.15, 0.2) is 110 Å². The number of aromatic nitrogens is 3. The summed E-state index contributed by atoms with van der Waals surface area (Å²) in [5.74, 6) is 1.19. The van der Waals surface area contributed by atoms with Gasteiger partial charge in [-0.3, -0.25) is 0 Å². The van der Waals surface area contributed by atoms with Gasteiger partial charge in [0, 0.05) is 86.0 Å². The predicted molar refractivity (Wildman–Crippen MR) is 166 cm³/mol. The molecule has 3 aromatic heterocycles. The summed E-state index contributed by atoms with van der Waals surface area (Å²) in [6, 6.07) is 25.8. The monoisotopic (exact) mass is 567 g/mol. The molecule has 0 aliphatic carbocycles. The highest BCUT2D eigenvalue weighted by atomic mass is 31.1. The summed E-state index contributed by atoms with van der Waals surface area (Å²) in [6.45, 7) is 9.35. The van der Waals surface area contributed by atoms with Gasteiger partial charge in [-0.15, -0.1) is 0 Å². The molecule has 0 fully saturated rings. The smallest absolute Gasteiger partial charge is 0.253 e. The Bertz CT molecular complexity index is 1600. The van der Waals surface area contributed by atoms with Crippen molar-refractivity contribution in [2.75, 3.05) is 0 Å². The summed E-state index contributed by atoms with van der Waals surface area (Å²) >= 11 is 0. The van der Waals surface area contributed by atoms with Gasteiger partial charge in [0.15, 0.2) is 0 Å². The van der Waals surface area contributed by atoms with E-state index in [9.17, 15) is 0 Å². The Kier molecular flexibility index (Phi) is 6.04. The molecule has 0 bridgehead atoms. The van der Waals surface area contributed by atoms with E-state index in [0.717, 1.165) is 24.3 Å². The number of hydrogen-bond acceptors (Lipinski definition) is 2. The molecule has 0 saturated carbocycles. The molecule has 5 nitrogen and oxygen atoms in total. The van der Waals surface area contributed by atoms with Gasteiger partial charge in [-0.1, -0.05) is 52.0 Å². The Morgan fingerprint density at radius 1 is 0.625 bits per heavy atom. The van der Waals surface area contributed by atoms with E-state index >= 15 is 0 Å². The maximum absolute atomic E-state index is 7.25. The Hall–Kier alpha value is -3.26. The predicted octanol–water partition coefficient (Wildman–Crippen LogP) is 7.41. The van der Waals surface area contributed by atoms with Gasteiger partial charge >= 0.3 is 0 Å². The highest BCUT2D eigenvalue weighted by Gasteiger charge is 2.54. The van der Waals surface area contributed by atoms with Gasteiger partial charge in [0.2, 0.25) is 0 Å². The van der Waals surface area contributed by atoms with Crippen molar-refractivity contribution >= 4 is 27.6 Å². The lowest BCUT2D eigenvalue weighted by molar-refractivity contribution is -0.165. The number of nitrogens with zero attached hydrogens (tertiary/aromatic N) is 3. The van der Waals surface area contributed by atoms with E-state index in [1.54, 1.807) is 0 Å². The third-order valence-corrected chi connectivity index (χ3v) is 11.5. The molecule has 2 aliphatic heterocycles. The van der Waals surface area contributed by atoms with Crippen LogP contribution < -0.4 is 20.1 Å². The normalized spacial score (nSPS) is 20.8. The quantitative estimate of drug-likeness (QED) is 0.207. The Labute approximate surface area is 239 Å². The molecule has 5 aromatic rings. The van der Waals surface area contributed by atoms with Gasteiger partial charge in [0.1, 0.15) is 19.7 Å². The van der Waals surface area contributed by atoms with Crippen LogP contribution in [0.25, 0.3) is 0 Å². The van der Waals surface area contributed by atoms with Crippen LogP contribution in [0.4, 0.5) is 0 Å². The Balaban J connectivity index is 1.37. The summed E-state index contributed by atoms with van der Waals surface area (Å²) in [7, 11) is -0.467. The number of rotatable bonds is 5. The third-order valence-electron chi connectivity index (χ3n) is 8.15. The summed E-state index contributed by atoms with van der Waals surface area (Å²) in [5.41, 5.74) is 2.26. The highest BCUT2D eigenvalue weighted by molar-refractivity contribution is 7.62. The van der Waals surface area contributed by atoms with E-state index in [4.69, 9.17) is 9.47 Å². The molecule has 0 N–H and O–H groups in total. The molecule has 7 heteroatoms. The molecule has 1 spiro atoms. The van der Waals surface area contributed by atoms with E-state index in [0.29, 0.717) is 8.73 Å². The van der Waals surface area contributed by atoms with Crippen LogP contribution in [-0.2, 0) is 10.8 Å². The van der Waals surface area contributed by atoms with Crippen LogP contribution in [0.3, 0.4) is 0 Å². The van der Waals surface area contributed by atoms with E-state index < -0.39 is 14.0 Å². The van der Waals surface area contributed by atoms with Gasteiger partial charge in [0.05, 0.1) is 5.30 Å². The minimum atomic E-state index is -0.925. The van der Waals surface area contributed by atoms with Crippen molar-refractivity contribution in [3.63, 3.8) is 0 Å². The maximum Gasteiger partial charge on any atom is 0.253 e. The van der Waals surface area contributed by atoms with Crippen LogP contribution in [0.1, 0.15) is 51.7 Å². The second kappa shape index (κ2) is 9.40. The number of ether oxygens (including phenoxy) is 2. The number of fused-ring (bicyclic) bond motifs is 2. The highest BCUT2D eigenvalue weighted by Crippen LogP contribution is 2.55. The lowest BCUT2D eigenvalue weighted by Gasteiger charge is -2.52. The fraction of sp³-hybridized carbons (Fsp3) is 0.273. The van der Waals surface area contributed by atoms with Gasteiger partial charge in [-0.25, -0.2) is 0 Å². The first-order valence-electron chi connectivity index (χ1n) is 13.9. The summed E-state index contributed by atoms with van der Waals surface area (Å²) in [6.07, 6.45) is 14.4. The van der Waals surface area contributed by atoms with Crippen LogP contribution >= 0.6 is 17.0 Å². The van der Waals surface area contributed by atoms with Crippen molar-refractivity contribution in [3.8, 4) is 11.5 Å². The Morgan fingerprint density at radius 2 is 1.12 bits per heavy atom. The van der Waals surface area contributed by atoms with Gasteiger partial charge in [0.25, 0.3) is 5.79 Å². The second-order valence-electron chi connectivity index (χ2n) is 12.2. The fourth-order valence-electron chi connectivity index (χ4n) is 6.55. The average molecular weight is 568 g/mol. The molecule has 0 saturated heterocycles. The van der Waals surface area contributed by atoms with Gasteiger partial charge in [-0.2, -0.15) is 0 Å². The Morgan fingerprint density at radius 3 is 1.73 bits per heavy atom. The van der Waals surface area contributed by atoms with Crippen molar-refractivity contribution in [1.29, 1.82) is 0 Å². The zero-order chi connectivity index (χ0) is 27.5. The molecule has 2 aliphatic rings. The SMILES string of the molecule is CC1(C)CC2(CC(C)(C)c3cccc(P(n4cccc4)n4cccc4)c3O2)Oc2c(Pn3cccc3)cccc21. The van der Waals surface area contributed by atoms with Crippen molar-refractivity contribution in [2.45, 2.75) is 57.2 Å². The summed E-state index contributed by atoms with van der Waals surface area (Å²) < 4.78 is 21.2. The molecule has 2 aromatic carbocycles. The topological polar surface area (TPSA) is 33.2 Å². The van der Waals surface area contributed by atoms with Crippen molar-refractivity contribution in [2.24, 2.45) is 0 Å². The first-order valence-corrected chi connectivity index (χ1v) is 16.1.